The minimum atomic E-state index is -0.0552. The zero-order valence-electron chi connectivity index (χ0n) is 12.5. The van der Waals surface area contributed by atoms with E-state index in [0.717, 1.165) is 12.5 Å². The van der Waals surface area contributed by atoms with Crippen LogP contribution in [0.1, 0.15) is 45.1 Å². The number of aliphatic imine (C=N–C) groups is 1. The first kappa shape index (κ1) is 13.5. The third kappa shape index (κ3) is 1.91. The van der Waals surface area contributed by atoms with Gasteiger partial charge in [0.25, 0.3) is 0 Å². The largest absolute Gasteiger partial charge is 0.370 e. The summed E-state index contributed by atoms with van der Waals surface area (Å²) in [7, 11) is 0. The van der Waals surface area contributed by atoms with Crippen molar-refractivity contribution in [3.05, 3.63) is 35.9 Å². The van der Waals surface area contributed by atoms with Crippen LogP contribution in [0.5, 0.6) is 0 Å². The highest BCUT2D eigenvalue weighted by Crippen LogP contribution is 2.43. The first-order valence-electron chi connectivity index (χ1n) is 7.81. The molecule has 3 rings (SSSR count). The second-order valence-corrected chi connectivity index (χ2v) is 6.43. The van der Waals surface area contributed by atoms with Crippen molar-refractivity contribution < 1.29 is 0 Å². The van der Waals surface area contributed by atoms with Crippen LogP contribution in [-0.2, 0) is 5.54 Å². The summed E-state index contributed by atoms with van der Waals surface area (Å²) < 4.78 is 0. The van der Waals surface area contributed by atoms with Gasteiger partial charge in [0.2, 0.25) is 0 Å². The lowest BCUT2D eigenvalue weighted by molar-refractivity contribution is 0.0974. The zero-order chi connectivity index (χ0) is 14.2. The summed E-state index contributed by atoms with van der Waals surface area (Å²) in [5.74, 6) is 1.23. The molecule has 1 saturated carbocycles. The molecule has 2 N–H and O–H groups in total. The monoisotopic (exact) mass is 271 g/mol. The fourth-order valence-electron chi connectivity index (χ4n) is 3.98. The van der Waals surface area contributed by atoms with Crippen LogP contribution >= 0.6 is 0 Å². The van der Waals surface area contributed by atoms with Gasteiger partial charge in [-0.3, -0.25) is 4.99 Å². The van der Waals surface area contributed by atoms with Gasteiger partial charge < -0.3 is 10.6 Å². The summed E-state index contributed by atoms with van der Waals surface area (Å²) in [6, 6.07) is 11.4. The van der Waals surface area contributed by atoms with Gasteiger partial charge in [-0.2, -0.15) is 0 Å². The minimum absolute atomic E-state index is 0.0552. The molecule has 0 spiro atoms. The molecule has 1 aliphatic carbocycles. The van der Waals surface area contributed by atoms with E-state index in [-0.39, 0.29) is 5.54 Å². The van der Waals surface area contributed by atoms with Crippen LogP contribution in [0.15, 0.2) is 35.3 Å². The van der Waals surface area contributed by atoms with Crippen molar-refractivity contribution in [1.29, 1.82) is 0 Å². The lowest BCUT2D eigenvalue weighted by atomic mass is 9.78. The van der Waals surface area contributed by atoms with Gasteiger partial charge in [-0.15, -0.1) is 0 Å². The van der Waals surface area contributed by atoms with E-state index in [2.05, 4.69) is 54.1 Å². The topological polar surface area (TPSA) is 41.6 Å². The molecule has 20 heavy (non-hydrogen) atoms. The summed E-state index contributed by atoms with van der Waals surface area (Å²) in [4.78, 5) is 7.08. The van der Waals surface area contributed by atoms with Crippen LogP contribution in [0, 0.1) is 5.92 Å². The summed E-state index contributed by atoms with van der Waals surface area (Å²) in [5.41, 5.74) is 7.58. The van der Waals surface area contributed by atoms with Crippen LogP contribution in [0.3, 0.4) is 0 Å². The molecule has 0 radical (unpaired) electrons. The van der Waals surface area contributed by atoms with Crippen LogP contribution < -0.4 is 5.73 Å². The van der Waals surface area contributed by atoms with Crippen LogP contribution in [-0.4, -0.2) is 23.4 Å². The Morgan fingerprint density at radius 1 is 1.20 bits per heavy atom. The number of guanidine groups is 1. The van der Waals surface area contributed by atoms with Crippen molar-refractivity contribution in [1.82, 2.24) is 4.90 Å². The molecule has 0 amide bonds. The number of hydrogen-bond donors (Lipinski definition) is 1. The van der Waals surface area contributed by atoms with Crippen molar-refractivity contribution in [2.24, 2.45) is 16.6 Å². The third-order valence-electron chi connectivity index (χ3n) is 5.08. The molecule has 1 unspecified atom stereocenters. The van der Waals surface area contributed by atoms with E-state index in [1.165, 1.54) is 31.2 Å². The molecule has 108 valence electrons. The van der Waals surface area contributed by atoms with Gasteiger partial charge in [-0.25, -0.2) is 0 Å². The van der Waals surface area contributed by atoms with Gasteiger partial charge in [0.15, 0.2) is 5.96 Å². The van der Waals surface area contributed by atoms with E-state index in [1.54, 1.807) is 0 Å². The Kier molecular flexibility index (Phi) is 3.45. The number of benzene rings is 1. The first-order valence-corrected chi connectivity index (χ1v) is 7.81. The lowest BCUT2D eigenvalue weighted by Crippen LogP contribution is -2.56. The summed E-state index contributed by atoms with van der Waals surface area (Å²) in [5, 5.41) is 0. The molecule has 1 atom stereocenters. The number of hydrogen-bond acceptors (Lipinski definition) is 3. The lowest BCUT2D eigenvalue weighted by Gasteiger charge is -2.46. The van der Waals surface area contributed by atoms with Crippen LogP contribution in [0.25, 0.3) is 0 Å². The fraction of sp³-hybridized carbons (Fsp3) is 0.588. The second kappa shape index (κ2) is 5.12. The predicted molar refractivity (Wildman–Crippen MR) is 83.5 cm³/mol. The van der Waals surface area contributed by atoms with Crippen LogP contribution in [0.2, 0.25) is 0 Å². The second-order valence-electron chi connectivity index (χ2n) is 6.43. The SMILES string of the molecule is CC(C)C1(c2ccccc2)CN=C(N)N1C1CCCC1. The van der Waals surface area contributed by atoms with Gasteiger partial charge >= 0.3 is 0 Å². The Hall–Kier alpha value is -1.51. The van der Waals surface area contributed by atoms with E-state index >= 15 is 0 Å². The first-order chi connectivity index (χ1) is 9.66. The molecule has 2 aliphatic rings. The molecule has 1 aliphatic heterocycles. The average Bonchev–Trinajstić information content (AvgIpc) is 3.07. The van der Waals surface area contributed by atoms with Gasteiger partial charge in [0.1, 0.15) is 0 Å². The summed E-state index contributed by atoms with van der Waals surface area (Å²) in [6.07, 6.45) is 5.13. The molecule has 0 bridgehead atoms. The standard InChI is InChI=1S/C17H25N3/c1-13(2)17(14-8-4-3-5-9-14)12-19-16(18)20(17)15-10-6-7-11-15/h3-5,8-9,13,15H,6-7,10-12H2,1-2H3,(H2,18,19). The molecule has 0 saturated heterocycles. The van der Waals surface area contributed by atoms with Gasteiger partial charge in [-0.1, -0.05) is 57.0 Å². The predicted octanol–water partition coefficient (Wildman–Crippen LogP) is 3.11. The Labute approximate surface area is 121 Å². The van der Waals surface area contributed by atoms with E-state index in [4.69, 9.17) is 5.73 Å². The molecule has 1 aromatic rings. The highest BCUT2D eigenvalue weighted by atomic mass is 15.4. The van der Waals surface area contributed by atoms with Gasteiger partial charge in [-0.05, 0) is 24.3 Å². The van der Waals surface area contributed by atoms with E-state index in [0.29, 0.717) is 12.0 Å². The summed E-state index contributed by atoms with van der Waals surface area (Å²) in [6.45, 7) is 5.38. The van der Waals surface area contributed by atoms with E-state index in [9.17, 15) is 0 Å². The summed E-state index contributed by atoms with van der Waals surface area (Å²) >= 11 is 0. The Morgan fingerprint density at radius 2 is 1.85 bits per heavy atom. The van der Waals surface area contributed by atoms with E-state index in [1.807, 2.05) is 0 Å². The average molecular weight is 271 g/mol. The van der Waals surface area contributed by atoms with Crippen molar-refractivity contribution >= 4 is 5.96 Å². The van der Waals surface area contributed by atoms with Crippen molar-refractivity contribution in [2.45, 2.75) is 51.1 Å². The Morgan fingerprint density at radius 3 is 2.45 bits per heavy atom. The smallest absolute Gasteiger partial charge is 0.192 e. The van der Waals surface area contributed by atoms with Crippen LogP contribution in [0.4, 0.5) is 0 Å². The van der Waals surface area contributed by atoms with Crippen molar-refractivity contribution in [3.8, 4) is 0 Å². The minimum Gasteiger partial charge on any atom is -0.370 e. The highest BCUT2D eigenvalue weighted by molar-refractivity contribution is 5.82. The maximum absolute atomic E-state index is 6.29. The van der Waals surface area contributed by atoms with Gasteiger partial charge in [0, 0.05) is 6.04 Å². The Bertz CT molecular complexity index is 488. The molecule has 3 nitrogen and oxygen atoms in total. The Balaban J connectivity index is 2.05. The molecular weight excluding hydrogens is 246 g/mol. The number of nitrogens with zero attached hydrogens (tertiary/aromatic N) is 2. The molecule has 1 heterocycles. The third-order valence-corrected chi connectivity index (χ3v) is 5.08. The van der Waals surface area contributed by atoms with Crippen molar-refractivity contribution in [3.63, 3.8) is 0 Å². The van der Waals surface area contributed by atoms with Gasteiger partial charge in [0.05, 0.1) is 12.1 Å². The quantitative estimate of drug-likeness (QED) is 0.917. The molecule has 1 aromatic carbocycles. The van der Waals surface area contributed by atoms with Crippen molar-refractivity contribution in [2.75, 3.05) is 6.54 Å². The molecular formula is C17H25N3. The maximum Gasteiger partial charge on any atom is 0.192 e. The normalized spacial score (nSPS) is 27.4. The molecule has 0 aromatic heterocycles. The maximum atomic E-state index is 6.29. The molecule has 3 heteroatoms. The van der Waals surface area contributed by atoms with E-state index < -0.39 is 0 Å². The fourth-order valence-corrected chi connectivity index (χ4v) is 3.98. The number of rotatable bonds is 3. The number of nitrogens with two attached hydrogens (primary N) is 1. The highest BCUT2D eigenvalue weighted by Gasteiger charge is 2.49. The zero-order valence-corrected chi connectivity index (χ0v) is 12.5. The molecule has 1 fully saturated rings.